The molecule has 2 heterocycles. The zero-order chi connectivity index (χ0) is 17.3. The summed E-state index contributed by atoms with van der Waals surface area (Å²) < 4.78 is 0. The molecular weight excluding hydrogens is 330 g/mol. The average molecular weight is 344 g/mol. The minimum atomic E-state index is -0.609. The molecule has 0 spiro atoms. The van der Waals surface area contributed by atoms with Crippen LogP contribution in [-0.4, -0.2) is 21.6 Å². The van der Waals surface area contributed by atoms with Gasteiger partial charge in [-0.2, -0.15) is 5.10 Å². The van der Waals surface area contributed by atoms with Crippen LogP contribution in [0.25, 0.3) is 0 Å². The first kappa shape index (κ1) is 16.1. The molecule has 0 saturated heterocycles. The van der Waals surface area contributed by atoms with Crippen LogP contribution < -0.4 is 5.11 Å². The van der Waals surface area contributed by atoms with E-state index in [1.165, 1.54) is 34.5 Å². The van der Waals surface area contributed by atoms with Crippen LogP contribution >= 0.6 is 11.3 Å². The van der Waals surface area contributed by atoms with E-state index in [0.717, 1.165) is 4.88 Å². The van der Waals surface area contributed by atoms with Crippen molar-refractivity contribution in [1.82, 2.24) is 5.01 Å². The van der Waals surface area contributed by atoms with Crippen molar-refractivity contribution in [1.29, 1.82) is 0 Å². The molecule has 0 radical (unpaired) electrons. The van der Waals surface area contributed by atoms with Crippen molar-refractivity contribution in [3.8, 4) is 5.75 Å². The Labute approximate surface area is 142 Å². The van der Waals surface area contributed by atoms with Crippen LogP contribution in [-0.2, 0) is 4.79 Å². The second kappa shape index (κ2) is 6.40. The Morgan fingerprint density at radius 3 is 2.88 bits per heavy atom. The lowest BCUT2D eigenvalue weighted by Crippen LogP contribution is -2.26. The minimum Gasteiger partial charge on any atom is -0.872 e. The van der Waals surface area contributed by atoms with Gasteiger partial charge in [-0.3, -0.25) is 14.9 Å². The lowest BCUT2D eigenvalue weighted by molar-refractivity contribution is -0.385. The molecule has 1 atom stereocenters. The van der Waals surface area contributed by atoms with E-state index < -0.39 is 11.0 Å². The van der Waals surface area contributed by atoms with Gasteiger partial charge in [-0.1, -0.05) is 19.1 Å². The third-order valence-electron chi connectivity index (χ3n) is 3.84. The number of thiophene rings is 1. The standard InChI is InChI=1S/C16H15N3O4S/c1-2-16(21)18-13(9-12(17-18)15-4-3-7-24-15)11-8-10(19(22)23)5-6-14(11)20/h3-8,13,20H,2,9H2,1H3/p-1. The Bertz CT molecular complexity index is 817. The highest BCUT2D eigenvalue weighted by molar-refractivity contribution is 7.12. The monoisotopic (exact) mass is 344 g/mol. The number of hydrogen-bond acceptors (Lipinski definition) is 6. The van der Waals surface area contributed by atoms with E-state index in [0.29, 0.717) is 12.1 Å². The van der Waals surface area contributed by atoms with Crippen LogP contribution in [0.5, 0.6) is 5.75 Å². The Morgan fingerprint density at radius 2 is 2.25 bits per heavy atom. The van der Waals surface area contributed by atoms with Crippen molar-refractivity contribution in [2.75, 3.05) is 0 Å². The van der Waals surface area contributed by atoms with E-state index >= 15 is 0 Å². The number of carbonyl (C=O) groups is 1. The van der Waals surface area contributed by atoms with E-state index in [4.69, 9.17) is 0 Å². The smallest absolute Gasteiger partial charge is 0.269 e. The SMILES string of the molecule is CCC(=O)N1N=C(c2cccs2)CC1c1cc([N+](=O)[O-])ccc1[O-]. The summed E-state index contributed by atoms with van der Waals surface area (Å²) >= 11 is 1.50. The quantitative estimate of drug-likeness (QED) is 0.629. The Balaban J connectivity index is 2.02. The fraction of sp³-hybridized carbons (Fsp3) is 0.250. The van der Waals surface area contributed by atoms with Gasteiger partial charge in [-0.15, -0.1) is 17.1 Å². The fourth-order valence-electron chi connectivity index (χ4n) is 2.65. The molecule has 24 heavy (non-hydrogen) atoms. The van der Waals surface area contributed by atoms with Crippen LogP contribution in [0.1, 0.15) is 36.2 Å². The molecule has 0 N–H and O–H groups in total. The number of benzene rings is 1. The number of amides is 1. The zero-order valence-electron chi connectivity index (χ0n) is 12.8. The minimum absolute atomic E-state index is 0.168. The number of hydrazone groups is 1. The lowest BCUT2D eigenvalue weighted by Gasteiger charge is -2.25. The highest BCUT2D eigenvalue weighted by Crippen LogP contribution is 2.38. The molecule has 0 bridgehead atoms. The molecule has 1 amide bonds. The molecule has 2 aromatic rings. The molecule has 1 aliphatic heterocycles. The van der Waals surface area contributed by atoms with Crippen molar-refractivity contribution in [3.63, 3.8) is 0 Å². The van der Waals surface area contributed by atoms with Gasteiger partial charge >= 0.3 is 0 Å². The zero-order valence-corrected chi connectivity index (χ0v) is 13.7. The second-order valence-electron chi connectivity index (χ2n) is 5.32. The molecule has 3 rings (SSSR count). The van der Waals surface area contributed by atoms with Gasteiger partial charge in [0, 0.05) is 25.0 Å². The highest BCUT2D eigenvalue weighted by atomic mass is 32.1. The van der Waals surface area contributed by atoms with Crippen LogP contribution in [0.4, 0.5) is 5.69 Å². The molecule has 0 saturated carbocycles. The molecule has 1 aromatic carbocycles. The predicted octanol–water partition coefficient (Wildman–Crippen LogP) is 2.82. The number of nitro groups is 1. The third-order valence-corrected chi connectivity index (χ3v) is 4.76. The van der Waals surface area contributed by atoms with Crippen molar-refractivity contribution >= 4 is 28.6 Å². The maximum absolute atomic E-state index is 12.2. The summed E-state index contributed by atoms with van der Waals surface area (Å²) in [5.41, 5.74) is 0.766. The fourth-order valence-corrected chi connectivity index (χ4v) is 3.37. The summed E-state index contributed by atoms with van der Waals surface area (Å²) in [6, 6.07) is 6.76. The summed E-state index contributed by atoms with van der Waals surface area (Å²) in [6.45, 7) is 1.71. The molecule has 8 heteroatoms. The van der Waals surface area contributed by atoms with Gasteiger partial charge in [-0.25, -0.2) is 5.01 Å². The first-order valence-electron chi connectivity index (χ1n) is 7.40. The third kappa shape index (κ3) is 2.88. The number of carbonyl (C=O) groups excluding carboxylic acids is 1. The highest BCUT2D eigenvalue weighted by Gasteiger charge is 2.33. The van der Waals surface area contributed by atoms with Crippen LogP contribution in [0.2, 0.25) is 0 Å². The molecule has 1 unspecified atom stereocenters. The van der Waals surface area contributed by atoms with E-state index in [2.05, 4.69) is 5.10 Å². The topological polar surface area (TPSA) is 98.9 Å². The molecule has 1 aromatic heterocycles. The Kier molecular flexibility index (Phi) is 4.30. The molecule has 0 fully saturated rings. The number of non-ortho nitro benzene ring substituents is 1. The maximum atomic E-state index is 12.2. The first-order chi connectivity index (χ1) is 11.5. The summed E-state index contributed by atoms with van der Waals surface area (Å²) in [5, 5.41) is 30.8. The van der Waals surface area contributed by atoms with Crippen molar-refractivity contribution < 1.29 is 14.8 Å². The number of nitro benzene ring substituents is 1. The molecule has 0 aliphatic carbocycles. The number of rotatable bonds is 4. The molecular formula is C16H14N3O4S-. The first-order valence-corrected chi connectivity index (χ1v) is 8.28. The summed E-state index contributed by atoms with van der Waals surface area (Å²) in [5.74, 6) is -0.556. The number of hydrogen-bond donors (Lipinski definition) is 0. The van der Waals surface area contributed by atoms with E-state index in [9.17, 15) is 20.0 Å². The Hall–Kier alpha value is -2.74. The predicted molar refractivity (Wildman–Crippen MR) is 87.9 cm³/mol. The largest absolute Gasteiger partial charge is 0.872 e. The van der Waals surface area contributed by atoms with Gasteiger partial charge in [0.2, 0.25) is 5.91 Å². The van der Waals surface area contributed by atoms with Crippen molar-refractivity contribution in [3.05, 3.63) is 56.3 Å². The van der Waals surface area contributed by atoms with E-state index in [1.54, 1.807) is 6.92 Å². The molecule has 124 valence electrons. The lowest BCUT2D eigenvalue weighted by atomic mass is 9.99. The summed E-state index contributed by atoms with van der Waals surface area (Å²) in [6.07, 6.45) is 0.601. The van der Waals surface area contributed by atoms with Crippen LogP contribution in [0.3, 0.4) is 0 Å². The van der Waals surface area contributed by atoms with Crippen molar-refractivity contribution in [2.45, 2.75) is 25.8 Å². The molecule has 7 nitrogen and oxygen atoms in total. The van der Waals surface area contributed by atoms with Crippen LogP contribution in [0, 0.1) is 10.1 Å². The molecule has 1 aliphatic rings. The van der Waals surface area contributed by atoms with Gasteiger partial charge in [0.25, 0.3) is 5.69 Å². The summed E-state index contributed by atoms with van der Waals surface area (Å²) in [4.78, 5) is 23.6. The van der Waals surface area contributed by atoms with Crippen molar-refractivity contribution in [2.24, 2.45) is 5.10 Å². The van der Waals surface area contributed by atoms with E-state index in [-0.39, 0.29) is 29.3 Å². The average Bonchev–Trinajstić information content (AvgIpc) is 3.23. The van der Waals surface area contributed by atoms with Gasteiger partial charge in [0.15, 0.2) is 0 Å². The van der Waals surface area contributed by atoms with Crippen LogP contribution in [0.15, 0.2) is 40.8 Å². The van der Waals surface area contributed by atoms with Gasteiger partial charge in [0.1, 0.15) is 0 Å². The summed E-state index contributed by atoms with van der Waals surface area (Å²) in [7, 11) is 0. The van der Waals surface area contributed by atoms with Gasteiger partial charge in [0.05, 0.1) is 21.6 Å². The van der Waals surface area contributed by atoms with E-state index in [1.807, 2.05) is 17.5 Å². The number of nitrogens with zero attached hydrogens (tertiary/aromatic N) is 3. The second-order valence-corrected chi connectivity index (χ2v) is 6.26. The maximum Gasteiger partial charge on any atom is 0.269 e. The normalized spacial score (nSPS) is 17.0. The Morgan fingerprint density at radius 1 is 1.46 bits per heavy atom. The van der Waals surface area contributed by atoms with Gasteiger partial charge in [-0.05, 0) is 17.0 Å². The van der Waals surface area contributed by atoms with Gasteiger partial charge < -0.3 is 5.11 Å².